The van der Waals surface area contributed by atoms with Crippen LogP contribution in [-0.2, 0) is 17.5 Å². The van der Waals surface area contributed by atoms with Crippen LogP contribution in [0, 0.1) is 5.82 Å². The summed E-state index contributed by atoms with van der Waals surface area (Å²) >= 11 is 1.27. The van der Waals surface area contributed by atoms with Gasteiger partial charge in [0.1, 0.15) is 5.82 Å². The molecule has 0 spiro atoms. The third kappa shape index (κ3) is 5.01. The molecule has 12 heteroatoms. The van der Waals surface area contributed by atoms with Crippen molar-refractivity contribution in [2.75, 3.05) is 26.2 Å². The zero-order valence-electron chi connectivity index (χ0n) is 18.8. The number of thioether (sulfide) groups is 1. The Morgan fingerprint density at radius 1 is 1.22 bits per heavy atom. The second-order valence-electron chi connectivity index (χ2n) is 8.51. The third-order valence-corrected chi connectivity index (χ3v) is 7.06. The summed E-state index contributed by atoms with van der Waals surface area (Å²) in [5.41, 5.74) is 0.206. The van der Waals surface area contributed by atoms with Gasteiger partial charge in [0.15, 0.2) is 5.17 Å². The van der Waals surface area contributed by atoms with Crippen molar-refractivity contribution >= 4 is 39.8 Å². The summed E-state index contributed by atoms with van der Waals surface area (Å²) in [5, 5.41) is 18.1. The first kappa shape index (κ1) is 24.5. The van der Waals surface area contributed by atoms with Crippen molar-refractivity contribution < 1.29 is 27.5 Å². The van der Waals surface area contributed by atoms with Crippen LogP contribution in [-0.4, -0.2) is 63.1 Å². The summed E-state index contributed by atoms with van der Waals surface area (Å²) in [5.74, 6) is -1.30. The highest BCUT2D eigenvalue weighted by molar-refractivity contribution is 8.18. The predicted molar refractivity (Wildman–Crippen MR) is 129 cm³/mol. The van der Waals surface area contributed by atoms with E-state index in [1.165, 1.54) is 22.6 Å². The number of amides is 1. The molecule has 3 heterocycles. The standard InChI is InChI=1S/C24H21F4N5O2S/c25-17-3-2-15(19(9-17)24(26,27)28)11-33-20-4-1-14(7-16(20)10-30-33)8-21-22(35)31-23(36-21)32-6-5-29-18(12-32)13-34/h1-4,7-10,18,29,34H,5-6,11-13H2/t18-/m1/s1. The van der Waals surface area contributed by atoms with Crippen molar-refractivity contribution in [2.24, 2.45) is 4.99 Å². The van der Waals surface area contributed by atoms with Gasteiger partial charge in [0.25, 0.3) is 5.91 Å². The lowest BCUT2D eigenvalue weighted by atomic mass is 10.1. The second-order valence-corrected chi connectivity index (χ2v) is 9.52. The summed E-state index contributed by atoms with van der Waals surface area (Å²) in [7, 11) is 0. The van der Waals surface area contributed by atoms with Crippen molar-refractivity contribution in [3.63, 3.8) is 0 Å². The fraction of sp³-hybridized carbons (Fsp3) is 0.292. The normalized spacial score (nSPS) is 20.0. The molecule has 1 saturated heterocycles. The van der Waals surface area contributed by atoms with Crippen LogP contribution in [0.5, 0.6) is 0 Å². The van der Waals surface area contributed by atoms with Crippen LogP contribution in [0.2, 0.25) is 0 Å². The molecule has 2 aromatic carbocycles. The number of nitrogens with one attached hydrogen (secondary N) is 1. The Hall–Kier alpha value is -3.22. The highest BCUT2D eigenvalue weighted by atomic mass is 32.2. The number of aliphatic hydroxyl groups excluding tert-OH is 1. The number of piperazine rings is 1. The van der Waals surface area contributed by atoms with E-state index >= 15 is 0 Å². The van der Waals surface area contributed by atoms with Gasteiger partial charge in [-0.05, 0) is 53.2 Å². The molecule has 3 aromatic rings. The third-order valence-electron chi connectivity index (χ3n) is 6.02. The van der Waals surface area contributed by atoms with Gasteiger partial charge in [0, 0.05) is 31.1 Å². The summed E-state index contributed by atoms with van der Waals surface area (Å²) in [6.45, 7) is 1.74. The van der Waals surface area contributed by atoms with E-state index in [9.17, 15) is 27.5 Å². The topological polar surface area (TPSA) is 82.8 Å². The Morgan fingerprint density at radius 3 is 2.83 bits per heavy atom. The lowest BCUT2D eigenvalue weighted by molar-refractivity contribution is -0.138. The molecule has 36 heavy (non-hydrogen) atoms. The summed E-state index contributed by atoms with van der Waals surface area (Å²) < 4.78 is 55.0. The van der Waals surface area contributed by atoms with Crippen molar-refractivity contribution in [2.45, 2.75) is 18.8 Å². The number of amidine groups is 1. The van der Waals surface area contributed by atoms with Gasteiger partial charge in [-0.2, -0.15) is 23.3 Å². The van der Waals surface area contributed by atoms with Crippen LogP contribution in [0.3, 0.4) is 0 Å². The maximum Gasteiger partial charge on any atom is 0.416 e. The van der Waals surface area contributed by atoms with Crippen molar-refractivity contribution in [3.8, 4) is 0 Å². The van der Waals surface area contributed by atoms with E-state index in [1.807, 2.05) is 4.90 Å². The molecule has 0 bridgehead atoms. The van der Waals surface area contributed by atoms with Crippen molar-refractivity contribution in [3.05, 3.63) is 70.0 Å². The number of alkyl halides is 3. The smallest absolute Gasteiger partial charge is 0.395 e. The predicted octanol–water partition coefficient (Wildman–Crippen LogP) is 3.48. The average molecular weight is 520 g/mol. The van der Waals surface area contributed by atoms with Gasteiger partial charge in [0.2, 0.25) is 0 Å². The molecular weight excluding hydrogens is 498 g/mol. The van der Waals surface area contributed by atoms with E-state index in [1.54, 1.807) is 24.3 Å². The van der Waals surface area contributed by atoms with Gasteiger partial charge in [-0.15, -0.1) is 0 Å². The molecule has 0 aliphatic carbocycles. The average Bonchev–Trinajstić information content (AvgIpc) is 3.42. The number of benzene rings is 2. The fourth-order valence-corrected chi connectivity index (χ4v) is 5.19. The Kier molecular flexibility index (Phi) is 6.58. The van der Waals surface area contributed by atoms with Gasteiger partial charge in [-0.3, -0.25) is 9.48 Å². The monoisotopic (exact) mass is 519 g/mol. The number of aliphatic imine (C=N–C) groups is 1. The van der Waals surface area contributed by atoms with Crippen LogP contribution in [0.15, 0.2) is 52.5 Å². The molecule has 2 N–H and O–H groups in total. The van der Waals surface area contributed by atoms with Gasteiger partial charge in [-0.25, -0.2) is 4.39 Å². The molecule has 7 nitrogen and oxygen atoms in total. The highest BCUT2D eigenvalue weighted by Crippen LogP contribution is 2.34. The van der Waals surface area contributed by atoms with Gasteiger partial charge < -0.3 is 15.3 Å². The molecule has 5 rings (SSSR count). The zero-order chi connectivity index (χ0) is 25.4. The molecule has 1 atom stereocenters. The zero-order valence-corrected chi connectivity index (χ0v) is 19.6. The van der Waals surface area contributed by atoms with Crippen molar-refractivity contribution in [1.82, 2.24) is 20.0 Å². The van der Waals surface area contributed by atoms with Crippen LogP contribution < -0.4 is 5.32 Å². The number of fused-ring (bicyclic) bond motifs is 1. The summed E-state index contributed by atoms with van der Waals surface area (Å²) in [6, 6.07) is 7.79. The number of hydrogen-bond donors (Lipinski definition) is 2. The summed E-state index contributed by atoms with van der Waals surface area (Å²) in [6.07, 6.45) is -1.43. The van der Waals surface area contributed by atoms with Crippen LogP contribution in [0.1, 0.15) is 16.7 Å². The minimum absolute atomic E-state index is 0.00252. The Labute approximate surface area is 207 Å². The first-order chi connectivity index (χ1) is 17.2. The molecule has 1 aromatic heterocycles. The Balaban J connectivity index is 1.35. The number of aromatic nitrogens is 2. The van der Waals surface area contributed by atoms with Crippen LogP contribution >= 0.6 is 11.8 Å². The molecule has 0 unspecified atom stereocenters. The lowest BCUT2D eigenvalue weighted by Gasteiger charge is -2.33. The van der Waals surface area contributed by atoms with E-state index < -0.39 is 17.6 Å². The van der Waals surface area contributed by atoms with Gasteiger partial charge in [0.05, 0.1) is 35.3 Å². The minimum atomic E-state index is -4.68. The molecule has 2 aliphatic rings. The first-order valence-corrected chi connectivity index (χ1v) is 12.0. The maximum absolute atomic E-state index is 13.4. The molecule has 0 radical (unpaired) electrons. The number of nitrogens with zero attached hydrogens (tertiary/aromatic N) is 4. The molecule has 188 valence electrons. The highest BCUT2D eigenvalue weighted by Gasteiger charge is 2.34. The van der Waals surface area contributed by atoms with Gasteiger partial charge in [-0.1, -0.05) is 12.1 Å². The number of carbonyl (C=O) groups is 1. The Morgan fingerprint density at radius 2 is 2.06 bits per heavy atom. The van der Waals surface area contributed by atoms with Crippen LogP contribution in [0.25, 0.3) is 17.0 Å². The van der Waals surface area contributed by atoms with Crippen LogP contribution in [0.4, 0.5) is 17.6 Å². The van der Waals surface area contributed by atoms with Gasteiger partial charge >= 0.3 is 6.18 Å². The van der Waals surface area contributed by atoms with E-state index in [0.717, 1.165) is 17.7 Å². The molecule has 1 amide bonds. The molecule has 1 fully saturated rings. The van der Waals surface area contributed by atoms with E-state index in [2.05, 4.69) is 15.4 Å². The summed E-state index contributed by atoms with van der Waals surface area (Å²) in [4.78, 5) is 19.1. The lowest BCUT2D eigenvalue weighted by Crippen LogP contribution is -2.53. The van der Waals surface area contributed by atoms with E-state index in [0.29, 0.717) is 46.7 Å². The molecule has 0 saturated carbocycles. The number of carbonyl (C=O) groups excluding carboxylic acids is 1. The van der Waals surface area contributed by atoms with E-state index in [4.69, 9.17) is 0 Å². The number of rotatable bonds is 4. The largest absolute Gasteiger partial charge is 0.416 e. The number of hydrogen-bond acceptors (Lipinski definition) is 6. The fourth-order valence-electron chi connectivity index (χ4n) is 4.24. The SMILES string of the molecule is O=C1N=C(N2CCN[C@@H](CO)C2)SC1=Cc1ccc2c(cnn2Cc2ccc(F)cc2C(F)(F)F)c1. The van der Waals surface area contributed by atoms with Crippen molar-refractivity contribution in [1.29, 1.82) is 0 Å². The first-order valence-electron chi connectivity index (χ1n) is 11.1. The number of aliphatic hydroxyl groups is 1. The maximum atomic E-state index is 13.4. The second kappa shape index (κ2) is 9.68. The molecule has 2 aliphatic heterocycles. The molecular formula is C24H21F4N5O2S. The Bertz CT molecular complexity index is 1380. The number of halogens is 4. The quantitative estimate of drug-likeness (QED) is 0.406. The minimum Gasteiger partial charge on any atom is -0.395 e. The van der Waals surface area contributed by atoms with E-state index in [-0.39, 0.29) is 30.7 Å².